The molecule has 2 N–H and O–H groups in total. The molecular formula is C21H21F3N2O2S. The van der Waals surface area contributed by atoms with E-state index in [4.69, 9.17) is 0 Å². The number of amides is 2. The van der Waals surface area contributed by atoms with E-state index >= 15 is 0 Å². The Labute approximate surface area is 171 Å². The van der Waals surface area contributed by atoms with Gasteiger partial charge in [-0.2, -0.15) is 13.2 Å². The number of hydrogen-bond acceptors (Lipinski definition) is 3. The number of benzene rings is 2. The number of alkyl halides is 3. The molecule has 3 rings (SSSR count). The second-order valence-corrected chi connectivity index (χ2v) is 7.95. The Morgan fingerprint density at radius 2 is 1.93 bits per heavy atom. The van der Waals surface area contributed by atoms with Crippen LogP contribution in [0.2, 0.25) is 0 Å². The zero-order valence-electron chi connectivity index (χ0n) is 16.0. The van der Waals surface area contributed by atoms with Crippen molar-refractivity contribution in [2.24, 2.45) is 0 Å². The summed E-state index contributed by atoms with van der Waals surface area (Å²) in [4.78, 5) is 25.4. The van der Waals surface area contributed by atoms with Crippen LogP contribution in [0.3, 0.4) is 0 Å². The van der Waals surface area contributed by atoms with E-state index in [9.17, 15) is 22.8 Å². The molecule has 0 unspecified atom stereocenters. The maximum absolute atomic E-state index is 12.9. The lowest BCUT2D eigenvalue weighted by atomic mass is 10.0. The summed E-state index contributed by atoms with van der Waals surface area (Å²) in [5.41, 5.74) is 2.25. The highest BCUT2D eigenvalue weighted by molar-refractivity contribution is 8.01. The third kappa shape index (κ3) is 4.75. The molecule has 29 heavy (non-hydrogen) atoms. The predicted molar refractivity (Wildman–Crippen MR) is 108 cm³/mol. The van der Waals surface area contributed by atoms with Crippen LogP contribution in [0.5, 0.6) is 0 Å². The minimum absolute atomic E-state index is 0.0729. The molecule has 0 aliphatic carbocycles. The van der Waals surface area contributed by atoms with E-state index in [-0.39, 0.29) is 18.0 Å². The Bertz CT molecular complexity index is 944. The number of rotatable bonds is 5. The summed E-state index contributed by atoms with van der Waals surface area (Å²) in [5, 5.41) is 4.66. The average molecular weight is 422 g/mol. The lowest BCUT2D eigenvalue weighted by Crippen LogP contribution is -2.32. The first-order valence-electron chi connectivity index (χ1n) is 9.32. The fraction of sp³-hybridized carbons (Fsp3) is 0.333. The normalized spacial score (nSPS) is 16.2. The number of anilines is 2. The molecule has 4 nitrogen and oxygen atoms in total. The van der Waals surface area contributed by atoms with Gasteiger partial charge in [0.2, 0.25) is 11.8 Å². The van der Waals surface area contributed by atoms with Gasteiger partial charge in [0, 0.05) is 17.0 Å². The number of aryl methyl sites for hydroxylation is 1. The molecule has 0 fully saturated rings. The van der Waals surface area contributed by atoms with E-state index in [2.05, 4.69) is 10.6 Å². The third-order valence-corrected chi connectivity index (χ3v) is 6.05. The van der Waals surface area contributed by atoms with Crippen LogP contribution < -0.4 is 10.6 Å². The van der Waals surface area contributed by atoms with Crippen LogP contribution >= 0.6 is 11.8 Å². The molecule has 8 heteroatoms. The molecular weight excluding hydrogens is 401 g/mol. The molecule has 0 radical (unpaired) electrons. The van der Waals surface area contributed by atoms with Gasteiger partial charge in [-0.3, -0.25) is 9.59 Å². The summed E-state index contributed by atoms with van der Waals surface area (Å²) >= 11 is 1.10. The zero-order chi connectivity index (χ0) is 21.2. The van der Waals surface area contributed by atoms with Gasteiger partial charge in [0.1, 0.15) is 0 Å². The van der Waals surface area contributed by atoms with Gasteiger partial charge in [0.05, 0.1) is 16.5 Å². The molecule has 0 spiro atoms. The van der Waals surface area contributed by atoms with Crippen LogP contribution in [0.1, 0.15) is 37.0 Å². The number of halogens is 3. The van der Waals surface area contributed by atoms with Crippen LogP contribution in [-0.2, 0) is 28.6 Å². The lowest BCUT2D eigenvalue weighted by Gasteiger charge is -2.24. The van der Waals surface area contributed by atoms with Crippen molar-refractivity contribution in [1.29, 1.82) is 0 Å². The molecule has 154 valence electrons. The SMILES string of the molecule is CCc1cccc(NC(=O)C[C@@H]2Sc3ccc(C(F)(F)F)cc3NC2=O)c1CC. The van der Waals surface area contributed by atoms with Crippen molar-refractivity contribution in [2.45, 2.75) is 49.4 Å². The van der Waals surface area contributed by atoms with Crippen LogP contribution in [0.25, 0.3) is 0 Å². The van der Waals surface area contributed by atoms with Gasteiger partial charge in [0.15, 0.2) is 0 Å². The summed E-state index contributed by atoms with van der Waals surface area (Å²) in [6.07, 6.45) is -2.93. The van der Waals surface area contributed by atoms with Crippen molar-refractivity contribution in [1.82, 2.24) is 0 Å². The van der Waals surface area contributed by atoms with E-state index in [1.54, 1.807) is 0 Å². The average Bonchev–Trinajstić information content (AvgIpc) is 2.67. The van der Waals surface area contributed by atoms with E-state index in [1.165, 1.54) is 6.07 Å². The predicted octanol–water partition coefficient (Wildman–Crippen LogP) is 5.27. The highest BCUT2D eigenvalue weighted by Crippen LogP contribution is 2.40. The molecule has 2 aromatic rings. The van der Waals surface area contributed by atoms with Gasteiger partial charge >= 0.3 is 6.18 Å². The number of carbonyl (C=O) groups is 2. The van der Waals surface area contributed by atoms with Crippen LogP contribution in [0.15, 0.2) is 41.3 Å². The topological polar surface area (TPSA) is 58.2 Å². The summed E-state index contributed by atoms with van der Waals surface area (Å²) in [5.74, 6) is -0.786. The number of thioether (sulfide) groups is 1. The fourth-order valence-corrected chi connectivity index (χ4v) is 4.42. The van der Waals surface area contributed by atoms with Gasteiger partial charge in [-0.25, -0.2) is 0 Å². The van der Waals surface area contributed by atoms with Crippen molar-refractivity contribution in [3.05, 3.63) is 53.1 Å². The second-order valence-electron chi connectivity index (χ2n) is 6.71. The molecule has 1 aliphatic heterocycles. The van der Waals surface area contributed by atoms with Crippen LogP contribution in [0.4, 0.5) is 24.5 Å². The first-order chi connectivity index (χ1) is 13.7. The molecule has 1 aliphatic rings. The summed E-state index contributed by atoms with van der Waals surface area (Å²) in [7, 11) is 0. The minimum Gasteiger partial charge on any atom is -0.326 e. The molecule has 0 saturated carbocycles. The Balaban J connectivity index is 1.72. The Morgan fingerprint density at radius 1 is 1.17 bits per heavy atom. The van der Waals surface area contributed by atoms with Gasteiger partial charge in [-0.05, 0) is 48.2 Å². The van der Waals surface area contributed by atoms with E-state index < -0.39 is 22.9 Å². The Morgan fingerprint density at radius 3 is 2.59 bits per heavy atom. The maximum Gasteiger partial charge on any atom is 0.416 e. The molecule has 0 aromatic heterocycles. The molecule has 2 aromatic carbocycles. The van der Waals surface area contributed by atoms with Gasteiger partial charge in [-0.1, -0.05) is 26.0 Å². The third-order valence-electron chi connectivity index (χ3n) is 4.78. The molecule has 1 heterocycles. The first-order valence-corrected chi connectivity index (χ1v) is 10.2. The van der Waals surface area contributed by atoms with Crippen LogP contribution in [0, 0.1) is 0 Å². The highest BCUT2D eigenvalue weighted by Gasteiger charge is 2.34. The van der Waals surface area contributed by atoms with Gasteiger partial charge < -0.3 is 10.6 Å². The minimum atomic E-state index is -4.48. The summed E-state index contributed by atoms with van der Waals surface area (Å²) < 4.78 is 38.6. The van der Waals surface area contributed by atoms with E-state index in [0.717, 1.165) is 53.6 Å². The number of hydrogen-bond donors (Lipinski definition) is 2. The highest BCUT2D eigenvalue weighted by atomic mass is 32.2. The van der Waals surface area contributed by atoms with Crippen molar-refractivity contribution in [2.75, 3.05) is 10.6 Å². The van der Waals surface area contributed by atoms with Crippen molar-refractivity contribution >= 4 is 35.0 Å². The Hall–Kier alpha value is -2.48. The largest absolute Gasteiger partial charge is 0.416 e. The van der Waals surface area contributed by atoms with Gasteiger partial charge in [-0.15, -0.1) is 11.8 Å². The summed E-state index contributed by atoms with van der Waals surface area (Å²) in [6, 6.07) is 8.95. The van der Waals surface area contributed by atoms with E-state index in [1.807, 2.05) is 32.0 Å². The smallest absolute Gasteiger partial charge is 0.326 e. The molecule has 2 amide bonds. The molecule has 1 atom stereocenters. The van der Waals surface area contributed by atoms with Crippen molar-refractivity contribution < 1.29 is 22.8 Å². The van der Waals surface area contributed by atoms with Gasteiger partial charge in [0.25, 0.3) is 0 Å². The second kappa shape index (κ2) is 8.49. The maximum atomic E-state index is 12.9. The fourth-order valence-electron chi connectivity index (χ4n) is 3.33. The van der Waals surface area contributed by atoms with Crippen molar-refractivity contribution in [3.63, 3.8) is 0 Å². The quantitative estimate of drug-likeness (QED) is 0.690. The standard InChI is InChI=1S/C21H21F3N2O2S/c1-3-12-6-5-7-15(14(12)4-2)25-19(27)11-18-20(28)26-16-10-13(21(22,23)24)8-9-17(16)29-18/h5-10,18H,3-4,11H2,1-2H3,(H,25,27)(H,26,28)/t18-/m0/s1. The number of nitrogens with one attached hydrogen (secondary N) is 2. The number of fused-ring (bicyclic) bond motifs is 1. The summed E-state index contributed by atoms with van der Waals surface area (Å²) in [6.45, 7) is 4.06. The van der Waals surface area contributed by atoms with Crippen LogP contribution in [-0.4, -0.2) is 17.1 Å². The van der Waals surface area contributed by atoms with E-state index in [0.29, 0.717) is 4.90 Å². The monoisotopic (exact) mass is 422 g/mol. The lowest BCUT2D eigenvalue weighted by molar-refractivity contribution is -0.137. The molecule has 0 bridgehead atoms. The molecule has 0 saturated heterocycles. The first kappa shape index (κ1) is 21.2. The number of carbonyl (C=O) groups excluding carboxylic acids is 2. The Kier molecular flexibility index (Phi) is 6.21. The zero-order valence-corrected chi connectivity index (χ0v) is 16.8. The van der Waals surface area contributed by atoms with Crippen molar-refractivity contribution in [3.8, 4) is 0 Å².